The summed E-state index contributed by atoms with van der Waals surface area (Å²) in [5.41, 5.74) is -1.80. The van der Waals surface area contributed by atoms with Crippen molar-refractivity contribution in [2.24, 2.45) is 0 Å². The van der Waals surface area contributed by atoms with Gasteiger partial charge in [-0.2, -0.15) is 18.3 Å². The maximum atomic E-state index is 14.7. The number of anilines is 1. The fourth-order valence-corrected chi connectivity index (χ4v) is 3.19. The number of aromatic amines is 1. The summed E-state index contributed by atoms with van der Waals surface area (Å²) in [5, 5.41) is 11.0. The van der Waals surface area contributed by atoms with Gasteiger partial charge in [-0.3, -0.25) is 14.7 Å². The van der Waals surface area contributed by atoms with E-state index >= 15 is 0 Å². The van der Waals surface area contributed by atoms with Crippen molar-refractivity contribution in [3.05, 3.63) is 90.4 Å². The minimum atomic E-state index is -4.88. The number of rotatable bonds is 8. The van der Waals surface area contributed by atoms with Gasteiger partial charge >= 0.3 is 6.18 Å². The Kier molecular flexibility index (Phi) is 7.77. The van der Waals surface area contributed by atoms with E-state index in [1.807, 2.05) is 0 Å². The van der Waals surface area contributed by atoms with Crippen molar-refractivity contribution in [1.29, 1.82) is 0 Å². The standard InChI is InChI=1S/C24H20F4N6O2/c1-4-6-14(5-2)22-20(11-30-21(33-22)12-29-13(3)35)32-23(36)16-9-15(19-7-8-31-34-19)17(10-18(16)25)24(26,27)28/h4-11H,1-2,12H2,3H3,(H,29,35)(H,31,34)(H,32,36)/b14-6+. The van der Waals surface area contributed by atoms with Gasteiger partial charge in [0.05, 0.1) is 40.9 Å². The van der Waals surface area contributed by atoms with E-state index in [4.69, 9.17) is 0 Å². The van der Waals surface area contributed by atoms with Crippen LogP contribution < -0.4 is 10.6 Å². The van der Waals surface area contributed by atoms with E-state index < -0.39 is 34.6 Å². The number of allylic oxidation sites excluding steroid dienone is 4. The summed E-state index contributed by atoms with van der Waals surface area (Å²) in [4.78, 5) is 32.6. The van der Waals surface area contributed by atoms with Gasteiger partial charge in [0.2, 0.25) is 5.91 Å². The number of H-pyrrole nitrogens is 1. The van der Waals surface area contributed by atoms with Crippen LogP contribution in [0.5, 0.6) is 0 Å². The lowest BCUT2D eigenvalue weighted by Crippen LogP contribution is -2.22. The molecule has 0 aliphatic carbocycles. The van der Waals surface area contributed by atoms with Crippen LogP contribution in [0.25, 0.3) is 16.8 Å². The highest BCUT2D eigenvalue weighted by Crippen LogP contribution is 2.38. The van der Waals surface area contributed by atoms with Crippen LogP contribution in [0.3, 0.4) is 0 Å². The van der Waals surface area contributed by atoms with Crippen LogP contribution >= 0.6 is 0 Å². The molecule has 1 aromatic carbocycles. The molecule has 2 amide bonds. The van der Waals surface area contributed by atoms with Crippen molar-refractivity contribution >= 4 is 23.1 Å². The summed E-state index contributed by atoms with van der Waals surface area (Å²) in [6.07, 6.45) is 2.00. The second-order valence-corrected chi connectivity index (χ2v) is 7.32. The van der Waals surface area contributed by atoms with Gasteiger partial charge in [0.25, 0.3) is 5.91 Å². The van der Waals surface area contributed by atoms with Crippen LogP contribution in [-0.4, -0.2) is 32.0 Å². The molecule has 3 aromatic rings. The molecule has 0 spiro atoms. The number of amides is 2. The van der Waals surface area contributed by atoms with Gasteiger partial charge in [0, 0.05) is 24.3 Å². The molecule has 0 unspecified atom stereocenters. The molecule has 0 aliphatic rings. The Hall–Kier alpha value is -4.61. The maximum Gasteiger partial charge on any atom is 0.417 e. The van der Waals surface area contributed by atoms with Crippen molar-refractivity contribution in [1.82, 2.24) is 25.5 Å². The maximum absolute atomic E-state index is 14.7. The molecular weight excluding hydrogens is 480 g/mol. The summed E-state index contributed by atoms with van der Waals surface area (Å²) >= 11 is 0. The molecule has 2 heterocycles. The molecule has 36 heavy (non-hydrogen) atoms. The lowest BCUT2D eigenvalue weighted by Gasteiger charge is -2.16. The Morgan fingerprint density at radius 2 is 1.97 bits per heavy atom. The minimum absolute atomic E-state index is 0.00382. The van der Waals surface area contributed by atoms with Gasteiger partial charge in [-0.1, -0.05) is 31.4 Å². The Balaban J connectivity index is 2.06. The molecule has 0 saturated heterocycles. The lowest BCUT2D eigenvalue weighted by molar-refractivity contribution is -0.137. The van der Waals surface area contributed by atoms with Crippen LogP contribution in [0.4, 0.5) is 23.2 Å². The zero-order valence-electron chi connectivity index (χ0n) is 18.9. The second kappa shape index (κ2) is 10.8. The number of carbonyl (C=O) groups excluding carboxylic acids is 2. The van der Waals surface area contributed by atoms with Crippen molar-refractivity contribution in [2.45, 2.75) is 19.6 Å². The first-order chi connectivity index (χ1) is 17.0. The third kappa shape index (κ3) is 5.90. The van der Waals surface area contributed by atoms with Gasteiger partial charge < -0.3 is 10.6 Å². The molecule has 2 aromatic heterocycles. The topological polar surface area (TPSA) is 113 Å². The van der Waals surface area contributed by atoms with E-state index in [-0.39, 0.29) is 41.4 Å². The Morgan fingerprint density at radius 3 is 2.56 bits per heavy atom. The normalized spacial score (nSPS) is 11.6. The molecule has 186 valence electrons. The lowest BCUT2D eigenvalue weighted by atomic mass is 9.99. The molecule has 0 aliphatic heterocycles. The smallest absolute Gasteiger partial charge is 0.349 e. The average molecular weight is 500 g/mol. The number of carbonyl (C=O) groups is 2. The highest BCUT2D eigenvalue weighted by Gasteiger charge is 2.36. The first kappa shape index (κ1) is 26.0. The molecule has 8 nitrogen and oxygen atoms in total. The monoisotopic (exact) mass is 500 g/mol. The van der Waals surface area contributed by atoms with E-state index in [0.29, 0.717) is 5.57 Å². The Morgan fingerprint density at radius 1 is 1.22 bits per heavy atom. The second-order valence-electron chi connectivity index (χ2n) is 7.32. The predicted octanol–water partition coefficient (Wildman–Crippen LogP) is 4.67. The van der Waals surface area contributed by atoms with Gasteiger partial charge in [0.15, 0.2) is 0 Å². The first-order valence-electron chi connectivity index (χ1n) is 10.3. The number of aromatic nitrogens is 4. The predicted molar refractivity (Wildman–Crippen MR) is 125 cm³/mol. The number of benzene rings is 1. The Bertz CT molecular complexity index is 1350. The number of hydrogen-bond donors (Lipinski definition) is 3. The van der Waals surface area contributed by atoms with E-state index in [2.05, 4.69) is 44.0 Å². The molecule has 3 N–H and O–H groups in total. The molecule has 0 bridgehead atoms. The quantitative estimate of drug-likeness (QED) is 0.307. The van der Waals surface area contributed by atoms with E-state index in [0.717, 1.165) is 6.07 Å². The van der Waals surface area contributed by atoms with Gasteiger partial charge in [0.1, 0.15) is 11.6 Å². The highest BCUT2D eigenvalue weighted by atomic mass is 19.4. The van der Waals surface area contributed by atoms with Crippen molar-refractivity contribution in [2.75, 3.05) is 5.32 Å². The molecule has 0 saturated carbocycles. The third-order valence-electron chi connectivity index (χ3n) is 4.82. The van der Waals surface area contributed by atoms with Gasteiger partial charge in [-0.15, -0.1) is 0 Å². The van der Waals surface area contributed by atoms with Crippen molar-refractivity contribution in [3.8, 4) is 11.3 Å². The number of halogens is 4. The van der Waals surface area contributed by atoms with Crippen LogP contribution in [0.2, 0.25) is 0 Å². The van der Waals surface area contributed by atoms with E-state index in [1.165, 1.54) is 37.5 Å². The van der Waals surface area contributed by atoms with E-state index in [1.54, 1.807) is 6.08 Å². The largest absolute Gasteiger partial charge is 0.417 e. The zero-order valence-corrected chi connectivity index (χ0v) is 18.9. The number of nitrogens with zero attached hydrogens (tertiary/aromatic N) is 3. The van der Waals surface area contributed by atoms with Crippen LogP contribution in [0.15, 0.2) is 62.0 Å². The number of hydrogen-bond acceptors (Lipinski definition) is 5. The average Bonchev–Trinajstić information content (AvgIpc) is 3.36. The molecule has 0 fully saturated rings. The molecule has 3 rings (SSSR count). The SMILES string of the molecule is C=C/C=C(\C=C)c1nc(CNC(C)=O)ncc1NC(=O)c1cc(-c2ccn[nH]2)c(C(F)(F)F)cc1F. The molecule has 0 radical (unpaired) electrons. The van der Waals surface area contributed by atoms with Crippen LogP contribution in [0, 0.1) is 5.82 Å². The number of nitrogens with one attached hydrogen (secondary N) is 3. The van der Waals surface area contributed by atoms with Crippen molar-refractivity contribution in [3.63, 3.8) is 0 Å². The fraction of sp³-hybridized carbons (Fsp3) is 0.125. The summed E-state index contributed by atoms with van der Waals surface area (Å²) in [6.45, 7) is 8.61. The first-order valence-corrected chi connectivity index (χ1v) is 10.3. The Labute approximate surface area is 202 Å². The zero-order chi connectivity index (χ0) is 26.5. The number of alkyl halides is 3. The van der Waals surface area contributed by atoms with Gasteiger partial charge in [-0.25, -0.2) is 14.4 Å². The van der Waals surface area contributed by atoms with E-state index in [9.17, 15) is 27.2 Å². The fourth-order valence-electron chi connectivity index (χ4n) is 3.19. The summed E-state index contributed by atoms with van der Waals surface area (Å²) in [5.74, 6) is -2.52. The van der Waals surface area contributed by atoms with Gasteiger partial charge in [-0.05, 0) is 18.2 Å². The highest BCUT2D eigenvalue weighted by molar-refractivity contribution is 6.06. The van der Waals surface area contributed by atoms with Crippen molar-refractivity contribution < 1.29 is 27.2 Å². The summed E-state index contributed by atoms with van der Waals surface area (Å²) in [7, 11) is 0. The summed E-state index contributed by atoms with van der Waals surface area (Å²) in [6, 6.07) is 2.31. The molecule has 12 heteroatoms. The summed E-state index contributed by atoms with van der Waals surface area (Å²) < 4.78 is 55.3. The molecule has 0 atom stereocenters. The molecular formula is C24H20F4N6O2. The van der Waals surface area contributed by atoms with Crippen LogP contribution in [-0.2, 0) is 17.5 Å². The minimum Gasteiger partial charge on any atom is -0.349 e. The third-order valence-corrected chi connectivity index (χ3v) is 4.82. The van der Waals surface area contributed by atoms with Crippen LogP contribution in [0.1, 0.15) is 34.4 Å².